The first-order valence-electron chi connectivity index (χ1n) is 5.04. The Morgan fingerprint density at radius 3 is 2.06 bits per heavy atom. The Hall–Kier alpha value is -2.04. The highest BCUT2D eigenvalue weighted by Gasteiger charge is 2.34. The molecule has 0 aromatic heterocycles. The third-order valence-corrected chi connectivity index (χ3v) is 2.48. The van der Waals surface area contributed by atoms with Crippen molar-refractivity contribution in [3.05, 3.63) is 53.8 Å². The molecule has 0 saturated carbocycles. The van der Waals surface area contributed by atoms with E-state index in [1.807, 2.05) is 0 Å². The fourth-order valence-electron chi connectivity index (χ4n) is 1.61. The summed E-state index contributed by atoms with van der Waals surface area (Å²) < 4.78 is 51.4. The van der Waals surface area contributed by atoms with Crippen molar-refractivity contribution in [3.63, 3.8) is 0 Å². The molecule has 0 amide bonds. The largest absolute Gasteiger partial charge is 0.508 e. The van der Waals surface area contributed by atoms with Gasteiger partial charge in [-0.3, -0.25) is 0 Å². The Morgan fingerprint density at radius 1 is 0.889 bits per heavy atom. The topological polar surface area (TPSA) is 20.2 Å². The molecule has 5 heteroatoms. The maximum Gasteiger partial charge on any atom is 0.419 e. The van der Waals surface area contributed by atoms with Crippen molar-refractivity contribution in [2.45, 2.75) is 6.18 Å². The molecular formula is C13H8F4O. The third kappa shape index (κ3) is 2.30. The van der Waals surface area contributed by atoms with E-state index in [-0.39, 0.29) is 16.9 Å². The van der Waals surface area contributed by atoms with Gasteiger partial charge in [0.15, 0.2) is 0 Å². The minimum Gasteiger partial charge on any atom is -0.508 e. The number of hydrogen-bond acceptors (Lipinski definition) is 1. The number of hydrogen-bond donors (Lipinski definition) is 1. The molecule has 0 unspecified atom stereocenters. The smallest absolute Gasteiger partial charge is 0.419 e. The number of phenols is 1. The van der Waals surface area contributed by atoms with Gasteiger partial charge in [-0.15, -0.1) is 0 Å². The first kappa shape index (κ1) is 12.4. The van der Waals surface area contributed by atoms with Crippen molar-refractivity contribution in [3.8, 4) is 16.9 Å². The summed E-state index contributed by atoms with van der Waals surface area (Å²) in [6.45, 7) is 0. The molecule has 2 rings (SSSR count). The van der Waals surface area contributed by atoms with Gasteiger partial charge in [0.2, 0.25) is 0 Å². The fraction of sp³-hybridized carbons (Fsp3) is 0.0769. The van der Waals surface area contributed by atoms with E-state index in [1.54, 1.807) is 0 Å². The van der Waals surface area contributed by atoms with Crippen LogP contribution >= 0.6 is 0 Å². The van der Waals surface area contributed by atoms with Crippen LogP contribution in [0.1, 0.15) is 5.56 Å². The SMILES string of the molecule is Oc1ccc(-c2cccc(C(F)(F)F)c2F)cc1. The van der Waals surface area contributed by atoms with Crippen LogP contribution in [0.25, 0.3) is 11.1 Å². The van der Waals surface area contributed by atoms with E-state index in [2.05, 4.69) is 0 Å². The molecule has 0 aliphatic heterocycles. The monoisotopic (exact) mass is 256 g/mol. The quantitative estimate of drug-likeness (QED) is 0.757. The summed E-state index contributed by atoms with van der Waals surface area (Å²) in [7, 11) is 0. The van der Waals surface area contributed by atoms with Gasteiger partial charge in [-0.1, -0.05) is 24.3 Å². The highest BCUT2D eigenvalue weighted by Crippen LogP contribution is 2.35. The van der Waals surface area contributed by atoms with Crippen LogP contribution in [0, 0.1) is 5.82 Å². The second-order valence-electron chi connectivity index (χ2n) is 3.71. The summed E-state index contributed by atoms with van der Waals surface area (Å²) in [6, 6.07) is 8.39. The lowest BCUT2D eigenvalue weighted by atomic mass is 10.0. The van der Waals surface area contributed by atoms with Crippen LogP contribution in [0.5, 0.6) is 5.75 Å². The summed E-state index contributed by atoms with van der Waals surface area (Å²) in [5.74, 6) is -1.35. The summed E-state index contributed by atoms with van der Waals surface area (Å²) in [6.07, 6.45) is -4.73. The molecule has 0 radical (unpaired) electrons. The van der Waals surface area contributed by atoms with E-state index in [0.29, 0.717) is 6.07 Å². The molecule has 0 heterocycles. The van der Waals surface area contributed by atoms with Crippen molar-refractivity contribution in [1.29, 1.82) is 0 Å². The lowest BCUT2D eigenvalue weighted by Gasteiger charge is -2.11. The van der Waals surface area contributed by atoms with Crippen LogP contribution in [0.15, 0.2) is 42.5 Å². The predicted molar refractivity (Wildman–Crippen MR) is 58.5 cm³/mol. The number of alkyl halides is 3. The average molecular weight is 256 g/mol. The Kier molecular flexibility index (Phi) is 2.98. The fourth-order valence-corrected chi connectivity index (χ4v) is 1.61. The maximum atomic E-state index is 13.8. The van der Waals surface area contributed by atoms with Gasteiger partial charge in [-0.25, -0.2) is 4.39 Å². The van der Waals surface area contributed by atoms with E-state index in [4.69, 9.17) is 5.11 Å². The predicted octanol–water partition coefficient (Wildman–Crippen LogP) is 4.22. The summed E-state index contributed by atoms with van der Waals surface area (Å²) in [5.41, 5.74) is -1.17. The third-order valence-electron chi connectivity index (χ3n) is 2.48. The van der Waals surface area contributed by atoms with Crippen LogP contribution in [-0.4, -0.2) is 5.11 Å². The first-order valence-corrected chi connectivity index (χ1v) is 5.04. The number of benzene rings is 2. The number of halogens is 4. The van der Waals surface area contributed by atoms with Crippen LogP contribution in [0.3, 0.4) is 0 Å². The Balaban J connectivity index is 2.56. The summed E-state index contributed by atoms with van der Waals surface area (Å²) in [5, 5.41) is 9.08. The number of rotatable bonds is 1. The van der Waals surface area contributed by atoms with Gasteiger partial charge < -0.3 is 5.11 Å². The average Bonchev–Trinajstić information content (AvgIpc) is 2.29. The molecule has 0 saturated heterocycles. The lowest BCUT2D eigenvalue weighted by Crippen LogP contribution is -2.08. The van der Waals surface area contributed by atoms with Gasteiger partial charge in [0, 0.05) is 5.56 Å². The molecule has 0 aliphatic rings. The van der Waals surface area contributed by atoms with Crippen LogP contribution < -0.4 is 0 Å². The minimum atomic E-state index is -4.73. The zero-order chi connectivity index (χ0) is 13.3. The van der Waals surface area contributed by atoms with Crippen molar-refractivity contribution >= 4 is 0 Å². The molecule has 2 aromatic rings. The molecule has 1 N–H and O–H groups in total. The molecule has 0 fully saturated rings. The Morgan fingerprint density at radius 2 is 1.50 bits per heavy atom. The molecule has 18 heavy (non-hydrogen) atoms. The van der Waals surface area contributed by atoms with E-state index in [1.165, 1.54) is 30.3 Å². The Labute approximate surface area is 100 Å². The van der Waals surface area contributed by atoms with E-state index in [9.17, 15) is 17.6 Å². The molecule has 94 valence electrons. The van der Waals surface area contributed by atoms with Crippen molar-refractivity contribution in [1.82, 2.24) is 0 Å². The first-order chi connectivity index (χ1) is 8.39. The van der Waals surface area contributed by atoms with E-state index < -0.39 is 17.6 Å². The van der Waals surface area contributed by atoms with Crippen molar-refractivity contribution in [2.75, 3.05) is 0 Å². The van der Waals surface area contributed by atoms with Gasteiger partial charge in [-0.2, -0.15) is 13.2 Å². The van der Waals surface area contributed by atoms with Gasteiger partial charge in [0.1, 0.15) is 11.6 Å². The molecular weight excluding hydrogens is 248 g/mol. The van der Waals surface area contributed by atoms with Gasteiger partial charge in [0.25, 0.3) is 0 Å². The van der Waals surface area contributed by atoms with Crippen molar-refractivity contribution in [2.24, 2.45) is 0 Å². The zero-order valence-corrected chi connectivity index (χ0v) is 9.00. The van der Waals surface area contributed by atoms with Crippen LogP contribution in [-0.2, 0) is 6.18 Å². The van der Waals surface area contributed by atoms with Gasteiger partial charge in [-0.05, 0) is 23.8 Å². The summed E-state index contributed by atoms with van der Waals surface area (Å²) in [4.78, 5) is 0. The van der Waals surface area contributed by atoms with Crippen molar-refractivity contribution < 1.29 is 22.7 Å². The molecule has 1 nitrogen and oxygen atoms in total. The highest BCUT2D eigenvalue weighted by atomic mass is 19.4. The maximum absolute atomic E-state index is 13.8. The molecule has 0 atom stereocenters. The van der Waals surface area contributed by atoms with Crippen LogP contribution in [0.2, 0.25) is 0 Å². The highest BCUT2D eigenvalue weighted by molar-refractivity contribution is 5.66. The summed E-state index contributed by atoms with van der Waals surface area (Å²) >= 11 is 0. The second kappa shape index (κ2) is 4.33. The van der Waals surface area contributed by atoms with Crippen LogP contribution in [0.4, 0.5) is 17.6 Å². The lowest BCUT2D eigenvalue weighted by molar-refractivity contribution is -0.139. The minimum absolute atomic E-state index is 0.0360. The van der Waals surface area contributed by atoms with E-state index in [0.717, 1.165) is 6.07 Å². The zero-order valence-electron chi connectivity index (χ0n) is 9.00. The van der Waals surface area contributed by atoms with Gasteiger partial charge in [0.05, 0.1) is 5.56 Å². The number of phenolic OH excluding ortho intramolecular Hbond substituents is 1. The molecule has 0 aliphatic carbocycles. The normalized spacial score (nSPS) is 11.6. The number of aromatic hydroxyl groups is 1. The van der Waals surface area contributed by atoms with E-state index >= 15 is 0 Å². The second-order valence-corrected chi connectivity index (χ2v) is 3.71. The molecule has 0 spiro atoms. The standard InChI is InChI=1S/C13H8F4O/c14-12-10(8-4-6-9(18)7-5-8)2-1-3-11(12)13(15,16)17/h1-7,18H. The molecule has 2 aromatic carbocycles. The molecule has 0 bridgehead atoms. The van der Waals surface area contributed by atoms with Gasteiger partial charge >= 0.3 is 6.18 Å². The Bertz CT molecular complexity index is 558.